The Bertz CT molecular complexity index is 5370. The maximum absolute atomic E-state index is 16.6. The number of carbonyl (C=O) groups is 2. The lowest BCUT2D eigenvalue weighted by Crippen LogP contribution is -2.25. The molecule has 10 heterocycles. The number of rotatable bonds is 13. The molecule has 0 fully saturated rings. The standard InChI is InChI=1S/C68H57F3N10O8S2/c1-34(50-15-14-39(32-75-50)65-61(67(82)72-3)45-26-43(54(30-59(45)88-65)78(5)90(7,84)85)51-16-12-37-18-20-80-53-11-9-10-47(69)41(53)28-57(80)63(37)76-51)22-36-23-49(71)42-29-58-64-38(19-21-81(58)56(42)24-36)13-17-52(77-64)44-27-46-60(31-55(44)79(6)91(8,86)87)89-66(62(46)68(83)73-4)40-25-48(70)35(2)74-33-40/h9-17,23-34H,18-22H2,1-8H3,(H,72,82)(H,73,83). The van der Waals surface area contributed by atoms with E-state index in [1.807, 2.05) is 52.5 Å². The van der Waals surface area contributed by atoms with Crippen LogP contribution in [-0.4, -0.2) is 98.4 Å². The van der Waals surface area contributed by atoms with E-state index in [9.17, 15) is 30.8 Å². The number of fused-ring (bicyclic) bond motifs is 12. The number of sulfonamides is 2. The number of amides is 2. The Morgan fingerprint density at radius 1 is 0.604 bits per heavy atom. The second kappa shape index (κ2) is 21.5. The molecule has 0 radical (unpaired) electrons. The van der Waals surface area contributed by atoms with E-state index in [0.29, 0.717) is 116 Å². The molecule has 1 atom stereocenters. The fourth-order valence-electron chi connectivity index (χ4n) is 12.8. The molecule has 4 aromatic carbocycles. The molecule has 18 nitrogen and oxygen atoms in total. The number of hydrogen-bond acceptors (Lipinski definition) is 12. The molecule has 1 unspecified atom stereocenters. The van der Waals surface area contributed by atoms with Crippen molar-refractivity contribution >= 4 is 87.0 Å². The molecule has 2 aliphatic rings. The van der Waals surface area contributed by atoms with E-state index in [1.165, 1.54) is 65.6 Å². The van der Waals surface area contributed by atoms with Gasteiger partial charge in [0.1, 0.15) is 40.1 Å². The van der Waals surface area contributed by atoms with Gasteiger partial charge in [-0.3, -0.25) is 28.2 Å². The molecule has 2 N–H and O–H groups in total. The predicted octanol–water partition coefficient (Wildman–Crippen LogP) is 12.4. The fraction of sp³-hybridized carbons (Fsp3) is 0.206. The van der Waals surface area contributed by atoms with Crippen LogP contribution in [0.15, 0.2) is 130 Å². The van der Waals surface area contributed by atoms with Crippen molar-refractivity contribution in [2.24, 2.45) is 0 Å². The minimum absolute atomic E-state index is 0.0407. The first-order valence-electron chi connectivity index (χ1n) is 29.2. The third-order valence-corrected chi connectivity index (χ3v) is 20.1. The molecule has 0 saturated carbocycles. The van der Waals surface area contributed by atoms with E-state index in [0.717, 1.165) is 43.5 Å². The Morgan fingerprint density at radius 2 is 1.13 bits per heavy atom. The Morgan fingerprint density at radius 3 is 1.65 bits per heavy atom. The van der Waals surface area contributed by atoms with Crippen molar-refractivity contribution < 1.29 is 48.4 Å². The summed E-state index contributed by atoms with van der Waals surface area (Å²) in [6.07, 6.45) is 6.76. The van der Waals surface area contributed by atoms with Crippen LogP contribution in [0.2, 0.25) is 0 Å². The Hall–Kier alpha value is -10.1. The van der Waals surface area contributed by atoms with Gasteiger partial charge in [0.15, 0.2) is 0 Å². The zero-order valence-corrected chi connectivity index (χ0v) is 52.1. The van der Waals surface area contributed by atoms with Gasteiger partial charge in [-0.2, -0.15) is 0 Å². The van der Waals surface area contributed by atoms with E-state index < -0.39 is 43.5 Å². The van der Waals surface area contributed by atoms with Crippen molar-refractivity contribution in [3.8, 4) is 67.9 Å². The van der Waals surface area contributed by atoms with Crippen LogP contribution in [0, 0.1) is 24.4 Å². The number of aromatic nitrogens is 6. The molecule has 8 aromatic heterocycles. The summed E-state index contributed by atoms with van der Waals surface area (Å²) in [5.41, 5.74) is 10.7. The summed E-state index contributed by atoms with van der Waals surface area (Å²) in [4.78, 5) is 47.0. The fourth-order valence-corrected chi connectivity index (χ4v) is 13.8. The van der Waals surface area contributed by atoms with Crippen LogP contribution in [0.5, 0.6) is 0 Å². The van der Waals surface area contributed by atoms with Gasteiger partial charge in [-0.25, -0.2) is 40.0 Å². The quantitative estimate of drug-likeness (QED) is 0.110. The van der Waals surface area contributed by atoms with Gasteiger partial charge in [0.25, 0.3) is 11.8 Å². The average molecular weight is 1260 g/mol. The molecule has 91 heavy (non-hydrogen) atoms. The number of nitrogens with zero attached hydrogens (tertiary/aromatic N) is 8. The van der Waals surface area contributed by atoms with Gasteiger partial charge in [-0.15, -0.1) is 0 Å². The van der Waals surface area contributed by atoms with Gasteiger partial charge >= 0.3 is 0 Å². The van der Waals surface area contributed by atoms with Crippen LogP contribution < -0.4 is 19.2 Å². The Labute approximate surface area is 520 Å². The van der Waals surface area contributed by atoms with Crippen molar-refractivity contribution in [2.45, 2.75) is 52.1 Å². The molecule has 0 bridgehead atoms. The third kappa shape index (κ3) is 9.75. The molecule has 12 aromatic rings. The van der Waals surface area contributed by atoms with E-state index in [-0.39, 0.29) is 68.2 Å². The van der Waals surface area contributed by atoms with Crippen molar-refractivity contribution in [3.63, 3.8) is 0 Å². The van der Waals surface area contributed by atoms with Gasteiger partial charge in [-0.1, -0.05) is 25.1 Å². The lowest BCUT2D eigenvalue weighted by Gasteiger charge is -2.23. The normalized spacial score (nSPS) is 13.3. The van der Waals surface area contributed by atoms with Gasteiger partial charge in [-0.05, 0) is 122 Å². The summed E-state index contributed by atoms with van der Waals surface area (Å²) in [5, 5.41) is 6.96. The molecule has 0 spiro atoms. The molecule has 23 heteroatoms. The number of anilines is 2. The highest BCUT2D eigenvalue weighted by Gasteiger charge is 2.32. The summed E-state index contributed by atoms with van der Waals surface area (Å²) in [7, 11) is -1.93. The maximum atomic E-state index is 16.6. The smallest absolute Gasteiger partial charge is 0.255 e. The first-order valence-corrected chi connectivity index (χ1v) is 32.9. The Kier molecular flexibility index (Phi) is 13.9. The number of pyridine rings is 4. The molecule has 460 valence electrons. The SMILES string of the molecule is CNC(=O)c1c(-c2ccc(C(C)Cc3cc(F)c4cc5n(c4c3)CCc3ccc(-c4cc6c(C(=O)NC)c(-c7cnc(C)c(F)c7)oc6cc4N(C)S(C)(=O)=O)nc3-5)nc2)oc2cc(N(C)S(C)(=O)=O)c(-c3ccc4c(n3)-c3cc5c(F)cccc5n3CC4)cc12. The van der Waals surface area contributed by atoms with Crippen LogP contribution in [0.3, 0.4) is 0 Å². The van der Waals surface area contributed by atoms with Crippen molar-refractivity contribution in [3.05, 3.63) is 178 Å². The molecule has 0 saturated heterocycles. The monoisotopic (exact) mass is 1260 g/mol. The second-order valence-electron chi connectivity index (χ2n) is 23.3. The van der Waals surface area contributed by atoms with E-state index in [1.54, 1.807) is 54.7 Å². The molecule has 0 aliphatic carbocycles. The van der Waals surface area contributed by atoms with Gasteiger partial charge in [0.05, 0.1) is 85.9 Å². The molecule has 14 rings (SSSR count). The van der Waals surface area contributed by atoms with Crippen molar-refractivity contribution in [2.75, 3.05) is 49.3 Å². The second-order valence-corrected chi connectivity index (χ2v) is 27.3. The highest BCUT2D eigenvalue weighted by atomic mass is 32.2. The number of hydrogen-bond donors (Lipinski definition) is 2. The van der Waals surface area contributed by atoms with E-state index in [2.05, 4.69) is 15.6 Å². The topological polar surface area (TPSA) is 221 Å². The summed E-state index contributed by atoms with van der Waals surface area (Å²) in [5.74, 6) is -2.37. The number of carbonyl (C=O) groups excluding carboxylic acids is 2. The van der Waals surface area contributed by atoms with Crippen LogP contribution in [0.4, 0.5) is 24.5 Å². The lowest BCUT2D eigenvalue weighted by molar-refractivity contribution is 0.0956. The summed E-state index contributed by atoms with van der Waals surface area (Å²) in [6, 6.07) is 30.8. The first-order chi connectivity index (χ1) is 43.5. The first kappa shape index (κ1) is 58.5. The summed E-state index contributed by atoms with van der Waals surface area (Å²) in [6.45, 7) is 4.64. The van der Waals surface area contributed by atoms with Gasteiger partial charge < -0.3 is 28.6 Å². The zero-order chi connectivity index (χ0) is 63.9. The average Bonchev–Trinajstić information content (AvgIpc) is 1.68. The molecular weight excluding hydrogens is 1210 g/mol. The van der Waals surface area contributed by atoms with Gasteiger partial charge in [0, 0.05) is 121 Å². The molecule has 2 amide bonds. The van der Waals surface area contributed by atoms with Crippen LogP contribution in [0.25, 0.3) is 112 Å². The Balaban J connectivity index is 0.787. The number of nitrogens with one attached hydrogen (secondary N) is 2. The van der Waals surface area contributed by atoms with Gasteiger partial charge in [0.2, 0.25) is 20.0 Å². The maximum Gasteiger partial charge on any atom is 0.255 e. The summed E-state index contributed by atoms with van der Waals surface area (Å²) < 4.78 is 119. The van der Waals surface area contributed by atoms with Crippen LogP contribution in [0.1, 0.15) is 61.6 Å². The van der Waals surface area contributed by atoms with Crippen molar-refractivity contribution in [1.29, 1.82) is 0 Å². The molecule has 2 aliphatic heterocycles. The largest absolute Gasteiger partial charge is 0.455 e. The number of aryl methyl sites for hydroxylation is 5. The minimum atomic E-state index is -3.88. The lowest BCUT2D eigenvalue weighted by atomic mass is 9.96. The predicted molar refractivity (Wildman–Crippen MR) is 345 cm³/mol. The number of furan rings is 2. The summed E-state index contributed by atoms with van der Waals surface area (Å²) >= 11 is 0. The zero-order valence-electron chi connectivity index (χ0n) is 50.5. The highest BCUT2D eigenvalue weighted by Crippen LogP contribution is 2.46. The van der Waals surface area contributed by atoms with E-state index in [4.69, 9.17) is 23.8 Å². The number of halogens is 3. The third-order valence-electron chi connectivity index (χ3n) is 17.7. The van der Waals surface area contributed by atoms with E-state index >= 15 is 8.78 Å². The molecular formula is C68H57F3N10O8S2. The number of benzene rings is 4. The minimum Gasteiger partial charge on any atom is -0.455 e. The van der Waals surface area contributed by atoms with Crippen molar-refractivity contribution in [1.82, 2.24) is 39.7 Å². The van der Waals surface area contributed by atoms with Crippen LogP contribution in [-0.2, 0) is 52.4 Å². The highest BCUT2D eigenvalue weighted by molar-refractivity contribution is 7.92. The van der Waals surface area contributed by atoms with Crippen LogP contribution >= 0.6 is 0 Å².